The third kappa shape index (κ3) is 3.52. The largest absolute Gasteiger partial charge is 0.497 e. The van der Waals surface area contributed by atoms with Crippen LogP contribution in [0.3, 0.4) is 0 Å². The molecule has 5 nitrogen and oxygen atoms in total. The minimum atomic E-state index is -0.770. The third-order valence-corrected chi connectivity index (χ3v) is 5.06. The van der Waals surface area contributed by atoms with Gasteiger partial charge in [0.25, 0.3) is 5.91 Å². The van der Waals surface area contributed by atoms with Crippen molar-refractivity contribution in [3.8, 4) is 5.75 Å². The fourth-order valence-corrected chi connectivity index (χ4v) is 3.05. The van der Waals surface area contributed by atoms with Crippen LogP contribution in [0.25, 0.3) is 0 Å². The molecular formula is C17H23BrN2O3. The summed E-state index contributed by atoms with van der Waals surface area (Å²) in [5.41, 5.74) is -0.260. The molecule has 0 radical (unpaired) electrons. The highest BCUT2D eigenvalue weighted by molar-refractivity contribution is 9.10. The Hall–Kier alpha value is -1.56. The minimum Gasteiger partial charge on any atom is -0.497 e. The van der Waals surface area contributed by atoms with E-state index in [0.29, 0.717) is 35.3 Å². The van der Waals surface area contributed by atoms with Crippen LogP contribution in [-0.4, -0.2) is 42.5 Å². The number of ether oxygens (including phenoxy) is 1. The zero-order chi connectivity index (χ0) is 17.0. The molecule has 6 heteroatoms. The van der Waals surface area contributed by atoms with Crippen molar-refractivity contribution in [2.24, 2.45) is 0 Å². The van der Waals surface area contributed by atoms with Crippen molar-refractivity contribution in [2.45, 2.75) is 38.6 Å². The van der Waals surface area contributed by atoms with E-state index in [1.807, 2.05) is 6.92 Å². The van der Waals surface area contributed by atoms with Crippen LogP contribution in [0.4, 0.5) is 0 Å². The summed E-state index contributed by atoms with van der Waals surface area (Å²) in [6.07, 6.45) is 2.64. The number of carbonyl (C=O) groups excluding carboxylic acids is 2. The second kappa shape index (κ2) is 7.34. The zero-order valence-electron chi connectivity index (χ0n) is 13.8. The molecule has 1 atom stereocenters. The smallest absolute Gasteiger partial charge is 0.256 e. The average molecular weight is 383 g/mol. The molecule has 2 rings (SSSR count). The molecule has 1 saturated heterocycles. The van der Waals surface area contributed by atoms with Gasteiger partial charge >= 0.3 is 0 Å². The number of rotatable bonds is 6. The van der Waals surface area contributed by atoms with Gasteiger partial charge in [-0.3, -0.25) is 9.59 Å². The quantitative estimate of drug-likeness (QED) is 0.769. The number of nitrogens with one attached hydrogen (secondary N) is 1. The fourth-order valence-electron chi connectivity index (χ4n) is 2.63. The molecule has 1 aliphatic heterocycles. The van der Waals surface area contributed by atoms with E-state index in [1.54, 1.807) is 30.2 Å². The Kier molecular flexibility index (Phi) is 5.68. The lowest BCUT2D eigenvalue weighted by Crippen LogP contribution is -2.67. The van der Waals surface area contributed by atoms with Crippen LogP contribution in [0.5, 0.6) is 5.75 Å². The third-order valence-electron chi connectivity index (χ3n) is 4.37. The number of methoxy groups -OCH3 is 1. The summed E-state index contributed by atoms with van der Waals surface area (Å²) in [5.74, 6) is 0.380. The summed E-state index contributed by atoms with van der Waals surface area (Å²) in [4.78, 5) is 26.9. The van der Waals surface area contributed by atoms with Crippen LogP contribution < -0.4 is 10.1 Å². The first kappa shape index (κ1) is 17.8. The SMILES string of the molecule is CCCCNC(=O)C1(C)CCN1C(=O)c1cc(OC)ccc1Br. The van der Waals surface area contributed by atoms with Gasteiger partial charge in [-0.1, -0.05) is 13.3 Å². The van der Waals surface area contributed by atoms with E-state index >= 15 is 0 Å². The van der Waals surface area contributed by atoms with Crippen molar-refractivity contribution >= 4 is 27.7 Å². The number of nitrogens with zero attached hydrogens (tertiary/aromatic N) is 1. The van der Waals surface area contributed by atoms with E-state index in [4.69, 9.17) is 4.74 Å². The number of halogens is 1. The molecule has 1 heterocycles. The highest BCUT2D eigenvalue weighted by Gasteiger charge is 2.49. The van der Waals surface area contributed by atoms with Crippen molar-refractivity contribution < 1.29 is 14.3 Å². The van der Waals surface area contributed by atoms with Crippen LogP contribution in [0.1, 0.15) is 43.5 Å². The average Bonchev–Trinajstić information content (AvgIpc) is 2.53. The fraction of sp³-hybridized carbons (Fsp3) is 0.529. The zero-order valence-corrected chi connectivity index (χ0v) is 15.4. The molecule has 23 heavy (non-hydrogen) atoms. The molecule has 0 aromatic heterocycles. The molecule has 1 fully saturated rings. The maximum atomic E-state index is 12.8. The Morgan fingerprint density at radius 2 is 2.17 bits per heavy atom. The van der Waals surface area contributed by atoms with Gasteiger partial charge in [-0.05, 0) is 53.9 Å². The molecule has 0 spiro atoms. The molecule has 1 aromatic rings. The topological polar surface area (TPSA) is 58.6 Å². The Morgan fingerprint density at radius 3 is 2.74 bits per heavy atom. The van der Waals surface area contributed by atoms with Gasteiger partial charge in [0.1, 0.15) is 11.3 Å². The molecule has 1 N–H and O–H groups in total. The van der Waals surface area contributed by atoms with E-state index in [9.17, 15) is 9.59 Å². The van der Waals surface area contributed by atoms with Gasteiger partial charge in [-0.15, -0.1) is 0 Å². The van der Waals surface area contributed by atoms with Crippen LogP contribution in [0, 0.1) is 0 Å². The minimum absolute atomic E-state index is 0.0791. The van der Waals surface area contributed by atoms with Crippen molar-refractivity contribution in [2.75, 3.05) is 20.2 Å². The van der Waals surface area contributed by atoms with Crippen LogP contribution in [0.2, 0.25) is 0 Å². The van der Waals surface area contributed by atoms with E-state index in [1.165, 1.54) is 0 Å². The molecule has 0 bridgehead atoms. The Morgan fingerprint density at radius 1 is 1.43 bits per heavy atom. The van der Waals surface area contributed by atoms with Gasteiger partial charge in [0, 0.05) is 17.6 Å². The molecular weight excluding hydrogens is 360 g/mol. The van der Waals surface area contributed by atoms with E-state index in [0.717, 1.165) is 12.8 Å². The first-order valence-corrected chi connectivity index (χ1v) is 8.67. The first-order chi connectivity index (χ1) is 10.9. The Labute approximate surface area is 145 Å². The van der Waals surface area contributed by atoms with E-state index in [-0.39, 0.29) is 11.8 Å². The second-order valence-electron chi connectivity index (χ2n) is 5.94. The number of likely N-dealkylation sites (tertiary alicyclic amines) is 1. The second-order valence-corrected chi connectivity index (χ2v) is 6.79. The highest BCUT2D eigenvalue weighted by Crippen LogP contribution is 2.34. The molecule has 1 aliphatic rings. The normalized spacial score (nSPS) is 19.9. The van der Waals surface area contributed by atoms with Gasteiger partial charge < -0.3 is 15.0 Å². The van der Waals surface area contributed by atoms with Gasteiger partial charge in [0.15, 0.2) is 0 Å². The maximum absolute atomic E-state index is 12.8. The first-order valence-electron chi connectivity index (χ1n) is 7.88. The molecule has 0 saturated carbocycles. The number of amides is 2. The standard InChI is InChI=1S/C17H23BrN2O3/c1-4-5-9-19-16(22)17(2)8-10-20(17)15(21)13-11-12(23-3)6-7-14(13)18/h6-7,11H,4-5,8-10H2,1-3H3,(H,19,22). The number of benzene rings is 1. The number of unbranched alkanes of at least 4 members (excludes halogenated alkanes) is 1. The summed E-state index contributed by atoms with van der Waals surface area (Å²) in [6.45, 7) is 5.13. The Bertz CT molecular complexity index is 606. The molecule has 2 amide bonds. The maximum Gasteiger partial charge on any atom is 0.256 e. The summed E-state index contributed by atoms with van der Waals surface area (Å²) < 4.78 is 5.88. The molecule has 126 valence electrons. The Balaban J connectivity index is 2.15. The number of hydrogen-bond donors (Lipinski definition) is 1. The lowest BCUT2D eigenvalue weighted by molar-refractivity contribution is -0.137. The summed E-state index contributed by atoms with van der Waals surface area (Å²) in [6, 6.07) is 5.26. The van der Waals surface area contributed by atoms with E-state index < -0.39 is 5.54 Å². The predicted octanol–water partition coefficient (Wildman–Crippen LogP) is 2.98. The molecule has 0 aliphatic carbocycles. The summed E-state index contributed by atoms with van der Waals surface area (Å²) >= 11 is 3.40. The van der Waals surface area contributed by atoms with Crippen LogP contribution in [0.15, 0.2) is 22.7 Å². The van der Waals surface area contributed by atoms with Crippen molar-refractivity contribution in [3.05, 3.63) is 28.2 Å². The lowest BCUT2D eigenvalue weighted by Gasteiger charge is -2.49. The predicted molar refractivity (Wildman–Crippen MR) is 92.7 cm³/mol. The van der Waals surface area contributed by atoms with Gasteiger partial charge in [0.2, 0.25) is 5.91 Å². The molecule has 1 aromatic carbocycles. The summed E-state index contributed by atoms with van der Waals surface area (Å²) in [5, 5.41) is 2.93. The number of hydrogen-bond acceptors (Lipinski definition) is 3. The monoisotopic (exact) mass is 382 g/mol. The van der Waals surface area contributed by atoms with Gasteiger partial charge in [-0.25, -0.2) is 0 Å². The lowest BCUT2D eigenvalue weighted by atomic mass is 9.84. The summed E-state index contributed by atoms with van der Waals surface area (Å²) in [7, 11) is 1.56. The van der Waals surface area contributed by atoms with Crippen LogP contribution >= 0.6 is 15.9 Å². The van der Waals surface area contributed by atoms with Gasteiger partial charge in [-0.2, -0.15) is 0 Å². The number of carbonyl (C=O) groups is 2. The van der Waals surface area contributed by atoms with Crippen molar-refractivity contribution in [3.63, 3.8) is 0 Å². The van der Waals surface area contributed by atoms with Crippen molar-refractivity contribution in [1.82, 2.24) is 10.2 Å². The van der Waals surface area contributed by atoms with Crippen LogP contribution in [-0.2, 0) is 4.79 Å². The highest BCUT2D eigenvalue weighted by atomic mass is 79.9. The van der Waals surface area contributed by atoms with Crippen molar-refractivity contribution in [1.29, 1.82) is 0 Å². The van der Waals surface area contributed by atoms with E-state index in [2.05, 4.69) is 28.2 Å². The molecule has 1 unspecified atom stereocenters. The van der Waals surface area contributed by atoms with Gasteiger partial charge in [0.05, 0.1) is 12.7 Å².